The Bertz CT molecular complexity index is 130. The number of aliphatic hydroxyl groups excluding tert-OH is 1. The molecule has 0 bridgehead atoms. The van der Waals surface area contributed by atoms with E-state index in [0.717, 1.165) is 25.4 Å². The van der Waals surface area contributed by atoms with E-state index < -0.39 is 0 Å². The first-order valence-corrected chi connectivity index (χ1v) is 4.75. The molecule has 1 aliphatic rings. The van der Waals surface area contributed by atoms with Gasteiger partial charge in [0.1, 0.15) is 0 Å². The van der Waals surface area contributed by atoms with Gasteiger partial charge in [-0.15, -0.1) is 0 Å². The standard InChI is InChI=1S/C9H20N2O/c1-8-5-9(10-6-8)3-4-11(2)7-12/h8-10,12H,3-7H2,1-2H3. The lowest BCUT2D eigenvalue weighted by Crippen LogP contribution is -2.28. The molecule has 0 aromatic rings. The smallest absolute Gasteiger partial charge is 0.0954 e. The van der Waals surface area contributed by atoms with Crippen molar-refractivity contribution in [1.29, 1.82) is 0 Å². The molecule has 0 aromatic carbocycles. The van der Waals surface area contributed by atoms with Gasteiger partial charge in [0.2, 0.25) is 0 Å². The molecule has 1 aliphatic heterocycles. The lowest BCUT2D eigenvalue weighted by atomic mass is 10.1. The van der Waals surface area contributed by atoms with E-state index in [0.29, 0.717) is 6.04 Å². The molecule has 2 unspecified atom stereocenters. The number of hydrogen-bond acceptors (Lipinski definition) is 3. The summed E-state index contributed by atoms with van der Waals surface area (Å²) in [6.45, 7) is 4.60. The summed E-state index contributed by atoms with van der Waals surface area (Å²) in [5.74, 6) is 0.828. The van der Waals surface area contributed by atoms with E-state index in [9.17, 15) is 0 Å². The summed E-state index contributed by atoms with van der Waals surface area (Å²) in [5.41, 5.74) is 0. The van der Waals surface area contributed by atoms with Crippen LogP contribution in [0.1, 0.15) is 19.8 Å². The fraction of sp³-hybridized carbons (Fsp3) is 1.00. The van der Waals surface area contributed by atoms with Crippen LogP contribution in [-0.4, -0.2) is 42.9 Å². The molecule has 2 atom stereocenters. The zero-order valence-corrected chi connectivity index (χ0v) is 8.08. The van der Waals surface area contributed by atoms with Gasteiger partial charge < -0.3 is 10.4 Å². The molecule has 0 spiro atoms. The summed E-state index contributed by atoms with van der Waals surface area (Å²) in [6.07, 6.45) is 2.45. The third-order valence-corrected chi connectivity index (χ3v) is 2.54. The highest BCUT2D eigenvalue weighted by Crippen LogP contribution is 2.15. The van der Waals surface area contributed by atoms with Crippen molar-refractivity contribution in [1.82, 2.24) is 10.2 Å². The van der Waals surface area contributed by atoms with Gasteiger partial charge in [0.25, 0.3) is 0 Å². The average Bonchev–Trinajstić information content (AvgIpc) is 2.47. The van der Waals surface area contributed by atoms with E-state index in [1.54, 1.807) is 0 Å². The van der Waals surface area contributed by atoms with Crippen LogP contribution in [0.15, 0.2) is 0 Å². The normalized spacial score (nSPS) is 30.0. The molecule has 0 amide bonds. The Kier molecular flexibility index (Phi) is 3.98. The Morgan fingerprint density at radius 2 is 2.33 bits per heavy atom. The van der Waals surface area contributed by atoms with Crippen LogP contribution in [0.4, 0.5) is 0 Å². The first kappa shape index (κ1) is 9.96. The Balaban J connectivity index is 2.07. The summed E-state index contributed by atoms with van der Waals surface area (Å²) in [5, 5.41) is 12.2. The molecule has 0 radical (unpaired) electrons. The second-order valence-corrected chi connectivity index (χ2v) is 3.96. The summed E-state index contributed by atoms with van der Waals surface area (Å²) in [6, 6.07) is 0.675. The van der Waals surface area contributed by atoms with E-state index in [2.05, 4.69) is 12.2 Å². The molecule has 3 nitrogen and oxygen atoms in total. The predicted octanol–water partition coefficient (Wildman–Crippen LogP) is 0.256. The van der Waals surface area contributed by atoms with Crippen LogP contribution in [0.3, 0.4) is 0 Å². The van der Waals surface area contributed by atoms with Crippen molar-refractivity contribution >= 4 is 0 Å². The maximum atomic E-state index is 8.77. The summed E-state index contributed by atoms with van der Waals surface area (Å²) in [7, 11) is 1.94. The monoisotopic (exact) mass is 172 g/mol. The molecule has 1 rings (SSSR count). The van der Waals surface area contributed by atoms with E-state index in [-0.39, 0.29) is 6.73 Å². The average molecular weight is 172 g/mol. The molecule has 0 saturated carbocycles. The maximum Gasteiger partial charge on any atom is 0.0954 e. The Labute approximate surface area is 74.8 Å². The molecule has 1 heterocycles. The highest BCUT2D eigenvalue weighted by Gasteiger charge is 2.19. The van der Waals surface area contributed by atoms with Gasteiger partial charge in [-0.3, -0.25) is 4.90 Å². The first-order chi connectivity index (χ1) is 5.72. The van der Waals surface area contributed by atoms with Crippen molar-refractivity contribution in [2.24, 2.45) is 5.92 Å². The van der Waals surface area contributed by atoms with Crippen LogP contribution < -0.4 is 5.32 Å². The minimum Gasteiger partial charge on any atom is -0.381 e. The Morgan fingerprint density at radius 1 is 1.58 bits per heavy atom. The number of hydrogen-bond donors (Lipinski definition) is 2. The highest BCUT2D eigenvalue weighted by atomic mass is 16.3. The molecule has 0 aromatic heterocycles. The summed E-state index contributed by atoms with van der Waals surface area (Å²) in [4.78, 5) is 1.94. The SMILES string of the molecule is CC1CNC(CCN(C)CO)C1. The minimum atomic E-state index is 0.169. The van der Waals surface area contributed by atoms with Crippen LogP contribution in [0.5, 0.6) is 0 Å². The lowest BCUT2D eigenvalue weighted by Gasteiger charge is -2.16. The first-order valence-electron chi connectivity index (χ1n) is 4.75. The second-order valence-electron chi connectivity index (χ2n) is 3.96. The van der Waals surface area contributed by atoms with Crippen LogP contribution in [-0.2, 0) is 0 Å². The topological polar surface area (TPSA) is 35.5 Å². The number of nitrogens with one attached hydrogen (secondary N) is 1. The van der Waals surface area contributed by atoms with Gasteiger partial charge in [-0.1, -0.05) is 6.92 Å². The van der Waals surface area contributed by atoms with Crippen molar-refractivity contribution in [2.45, 2.75) is 25.8 Å². The van der Waals surface area contributed by atoms with Gasteiger partial charge in [-0.05, 0) is 32.4 Å². The zero-order valence-electron chi connectivity index (χ0n) is 8.08. The molecular formula is C9H20N2O. The zero-order chi connectivity index (χ0) is 8.97. The molecule has 12 heavy (non-hydrogen) atoms. The van der Waals surface area contributed by atoms with Crippen molar-refractivity contribution in [2.75, 3.05) is 26.9 Å². The highest BCUT2D eigenvalue weighted by molar-refractivity contribution is 4.79. The predicted molar refractivity (Wildman–Crippen MR) is 49.9 cm³/mol. The number of nitrogens with zero attached hydrogens (tertiary/aromatic N) is 1. The van der Waals surface area contributed by atoms with Gasteiger partial charge >= 0.3 is 0 Å². The van der Waals surface area contributed by atoms with E-state index in [1.165, 1.54) is 6.42 Å². The second kappa shape index (κ2) is 4.80. The van der Waals surface area contributed by atoms with Gasteiger partial charge in [-0.25, -0.2) is 0 Å². The van der Waals surface area contributed by atoms with Crippen LogP contribution in [0.25, 0.3) is 0 Å². The third kappa shape index (κ3) is 3.09. The molecule has 3 heteroatoms. The van der Waals surface area contributed by atoms with Gasteiger partial charge in [0.15, 0.2) is 0 Å². The van der Waals surface area contributed by atoms with E-state index >= 15 is 0 Å². The van der Waals surface area contributed by atoms with Crippen LogP contribution in [0.2, 0.25) is 0 Å². The molecule has 1 saturated heterocycles. The molecule has 2 N–H and O–H groups in total. The van der Waals surface area contributed by atoms with Crippen molar-refractivity contribution in [3.8, 4) is 0 Å². The van der Waals surface area contributed by atoms with Gasteiger partial charge in [0, 0.05) is 12.6 Å². The molecule has 72 valence electrons. The summed E-state index contributed by atoms with van der Waals surface area (Å²) < 4.78 is 0. The lowest BCUT2D eigenvalue weighted by molar-refractivity contribution is 0.129. The molecular weight excluding hydrogens is 152 g/mol. The van der Waals surface area contributed by atoms with E-state index in [4.69, 9.17) is 5.11 Å². The van der Waals surface area contributed by atoms with Crippen molar-refractivity contribution in [3.05, 3.63) is 0 Å². The third-order valence-electron chi connectivity index (χ3n) is 2.54. The van der Waals surface area contributed by atoms with Crippen molar-refractivity contribution in [3.63, 3.8) is 0 Å². The van der Waals surface area contributed by atoms with Crippen LogP contribution in [0, 0.1) is 5.92 Å². The largest absolute Gasteiger partial charge is 0.381 e. The van der Waals surface area contributed by atoms with Gasteiger partial charge in [-0.2, -0.15) is 0 Å². The fourth-order valence-corrected chi connectivity index (χ4v) is 1.69. The Morgan fingerprint density at radius 3 is 2.83 bits per heavy atom. The molecule has 1 fully saturated rings. The number of rotatable bonds is 4. The summed E-state index contributed by atoms with van der Waals surface area (Å²) >= 11 is 0. The van der Waals surface area contributed by atoms with E-state index in [1.807, 2.05) is 11.9 Å². The number of aliphatic hydroxyl groups is 1. The maximum absolute atomic E-state index is 8.77. The Hall–Kier alpha value is -0.120. The van der Waals surface area contributed by atoms with Gasteiger partial charge in [0.05, 0.1) is 6.73 Å². The quantitative estimate of drug-likeness (QED) is 0.597. The van der Waals surface area contributed by atoms with Crippen molar-refractivity contribution < 1.29 is 5.11 Å². The fourth-order valence-electron chi connectivity index (χ4n) is 1.69. The molecule has 0 aliphatic carbocycles. The van der Waals surface area contributed by atoms with Crippen LogP contribution >= 0.6 is 0 Å². The minimum absolute atomic E-state index is 0.169.